The average molecular weight is 566 g/mol. The monoisotopic (exact) mass is 565 g/mol. The van der Waals surface area contributed by atoms with Gasteiger partial charge in [0.2, 0.25) is 0 Å². The van der Waals surface area contributed by atoms with E-state index in [2.05, 4.69) is 46.1 Å². The number of amides is 1. The Hall–Kier alpha value is -4.17. The van der Waals surface area contributed by atoms with E-state index in [1.807, 2.05) is 72.9 Å². The number of para-hydroxylation sites is 1. The van der Waals surface area contributed by atoms with Gasteiger partial charge in [-0.2, -0.15) is 0 Å². The number of anilines is 2. The molecule has 2 aromatic heterocycles. The van der Waals surface area contributed by atoms with Gasteiger partial charge in [-0.1, -0.05) is 37.1 Å². The largest absolute Gasteiger partial charge is 0.484 e. The minimum Gasteiger partial charge on any atom is -0.484 e. The molecule has 0 bridgehead atoms. The number of nitrogens with zero attached hydrogens (tertiary/aromatic N) is 3. The van der Waals surface area contributed by atoms with E-state index in [9.17, 15) is 4.79 Å². The molecule has 0 unspecified atom stereocenters. The van der Waals surface area contributed by atoms with Crippen LogP contribution >= 0.6 is 12.2 Å². The number of aromatic nitrogens is 2. The molecule has 1 amide bonds. The summed E-state index contributed by atoms with van der Waals surface area (Å²) in [6.07, 6.45) is 6.87. The Bertz CT molecular complexity index is 1510. The topological polar surface area (TPSA) is 71.4 Å². The number of carbonyl (C=O) groups excluding carboxylic acids is 1. The fourth-order valence-electron chi connectivity index (χ4n) is 6.34. The lowest BCUT2D eigenvalue weighted by molar-refractivity contribution is -0.118. The first-order chi connectivity index (χ1) is 20.0. The highest BCUT2D eigenvalue weighted by molar-refractivity contribution is 7.80. The number of rotatable bonds is 8. The van der Waals surface area contributed by atoms with Crippen LogP contribution in [0.3, 0.4) is 0 Å². The maximum absolute atomic E-state index is 12.5. The molecule has 8 heteroatoms. The maximum Gasteiger partial charge on any atom is 0.262 e. The lowest BCUT2D eigenvalue weighted by atomic mass is 9.96. The lowest BCUT2D eigenvalue weighted by Gasteiger charge is -2.28. The number of hydrogen-bond donors (Lipinski definition) is 2. The van der Waals surface area contributed by atoms with Gasteiger partial charge in [-0.25, -0.2) is 0 Å². The van der Waals surface area contributed by atoms with Crippen molar-refractivity contribution >= 4 is 34.6 Å². The van der Waals surface area contributed by atoms with Gasteiger partial charge in [0, 0.05) is 35.0 Å². The highest BCUT2D eigenvalue weighted by Gasteiger charge is 2.42. The van der Waals surface area contributed by atoms with E-state index in [0.717, 1.165) is 11.4 Å². The predicted molar refractivity (Wildman–Crippen MR) is 166 cm³/mol. The van der Waals surface area contributed by atoms with Crippen LogP contribution < -0.4 is 20.3 Å². The van der Waals surface area contributed by atoms with E-state index >= 15 is 0 Å². The van der Waals surface area contributed by atoms with Gasteiger partial charge in [-0.3, -0.25) is 9.78 Å². The zero-order valence-corrected chi connectivity index (χ0v) is 24.2. The van der Waals surface area contributed by atoms with Crippen LogP contribution in [0.5, 0.6) is 5.75 Å². The summed E-state index contributed by atoms with van der Waals surface area (Å²) in [6, 6.07) is 25.9. The van der Waals surface area contributed by atoms with Gasteiger partial charge in [-0.05, 0) is 99.1 Å². The van der Waals surface area contributed by atoms with Crippen LogP contribution in [0, 0.1) is 13.8 Å². The molecule has 41 heavy (non-hydrogen) atoms. The van der Waals surface area contributed by atoms with E-state index in [0.29, 0.717) is 22.6 Å². The summed E-state index contributed by atoms with van der Waals surface area (Å²) in [4.78, 5) is 19.4. The highest BCUT2D eigenvalue weighted by Crippen LogP contribution is 2.45. The number of carbonyl (C=O) groups is 1. The van der Waals surface area contributed by atoms with Crippen LogP contribution in [0.1, 0.15) is 66.5 Å². The first-order valence-electron chi connectivity index (χ1n) is 14.3. The molecule has 1 saturated heterocycles. The fourth-order valence-corrected chi connectivity index (χ4v) is 6.69. The van der Waals surface area contributed by atoms with E-state index in [-0.39, 0.29) is 24.6 Å². The van der Waals surface area contributed by atoms with E-state index in [1.54, 1.807) is 0 Å². The summed E-state index contributed by atoms with van der Waals surface area (Å²) < 4.78 is 8.12. The summed E-state index contributed by atoms with van der Waals surface area (Å²) in [5.41, 5.74) is 6.45. The fraction of sp³-hybridized carbons (Fsp3) is 0.303. The highest BCUT2D eigenvalue weighted by atomic mass is 32.1. The standard InChI is InChI=1S/C33H35N5O2S/c1-22-20-28(23(2)37(22)25-10-6-7-11-25)32-31(29-14-8-9-19-34-29)36-33(41)38(32)26-17-15-24(16-18-26)35-30(39)21-40-27-12-4-3-5-13-27/h3-5,8-9,12-20,25,31-32H,6-7,10-11,21H2,1-2H3,(H,35,39)(H,36,41)/t31-,32+/m1/s1. The van der Waals surface area contributed by atoms with Crippen molar-refractivity contribution in [2.75, 3.05) is 16.8 Å². The Morgan fingerprint density at radius 2 is 1.76 bits per heavy atom. The SMILES string of the molecule is Cc1cc([C@H]2[C@@H](c3ccccn3)NC(=S)N2c2ccc(NC(=O)COc3ccccc3)cc2)c(C)n1C1CCCC1. The molecule has 3 heterocycles. The number of benzene rings is 2. The van der Waals surface area contributed by atoms with Gasteiger partial charge in [0.15, 0.2) is 11.7 Å². The van der Waals surface area contributed by atoms with Crippen LogP contribution in [-0.4, -0.2) is 27.2 Å². The lowest BCUT2D eigenvalue weighted by Crippen LogP contribution is -2.29. The Morgan fingerprint density at radius 3 is 2.46 bits per heavy atom. The number of aryl methyl sites for hydroxylation is 1. The summed E-state index contributed by atoms with van der Waals surface area (Å²) in [7, 11) is 0. The Labute approximate surface area is 246 Å². The van der Waals surface area contributed by atoms with Crippen molar-refractivity contribution < 1.29 is 9.53 Å². The number of hydrogen-bond acceptors (Lipinski definition) is 4. The maximum atomic E-state index is 12.5. The summed E-state index contributed by atoms with van der Waals surface area (Å²) >= 11 is 5.94. The zero-order chi connectivity index (χ0) is 28.3. The Balaban J connectivity index is 1.27. The quantitative estimate of drug-likeness (QED) is 0.229. The Kier molecular flexibility index (Phi) is 7.74. The van der Waals surface area contributed by atoms with Gasteiger partial charge in [-0.15, -0.1) is 0 Å². The van der Waals surface area contributed by atoms with E-state index in [4.69, 9.17) is 21.9 Å². The summed E-state index contributed by atoms with van der Waals surface area (Å²) in [5, 5.41) is 7.15. The van der Waals surface area contributed by atoms with Crippen LogP contribution in [0.2, 0.25) is 0 Å². The van der Waals surface area contributed by atoms with Crippen molar-refractivity contribution in [3.8, 4) is 5.75 Å². The zero-order valence-electron chi connectivity index (χ0n) is 23.4. The van der Waals surface area contributed by atoms with Crippen LogP contribution in [0.25, 0.3) is 0 Å². The molecule has 6 rings (SSSR count). The second kappa shape index (κ2) is 11.7. The van der Waals surface area contributed by atoms with Gasteiger partial charge in [0.25, 0.3) is 5.91 Å². The third-order valence-electron chi connectivity index (χ3n) is 8.17. The number of thiocarbonyl (C=S) groups is 1. The van der Waals surface area contributed by atoms with Gasteiger partial charge >= 0.3 is 0 Å². The number of pyridine rings is 1. The second-order valence-corrected chi connectivity index (χ2v) is 11.2. The van der Waals surface area contributed by atoms with Gasteiger partial charge < -0.3 is 24.8 Å². The molecular formula is C33H35N5O2S. The van der Waals surface area contributed by atoms with Crippen LogP contribution in [0.4, 0.5) is 11.4 Å². The predicted octanol–water partition coefficient (Wildman–Crippen LogP) is 6.81. The molecule has 2 aromatic carbocycles. The van der Waals surface area contributed by atoms with Gasteiger partial charge in [0.1, 0.15) is 5.75 Å². The third-order valence-corrected chi connectivity index (χ3v) is 8.49. The molecule has 2 atom stereocenters. The van der Waals surface area contributed by atoms with E-state index in [1.165, 1.54) is 42.6 Å². The number of ether oxygens (including phenoxy) is 1. The molecule has 2 aliphatic rings. The van der Waals surface area contributed by atoms with Crippen molar-refractivity contribution in [3.63, 3.8) is 0 Å². The van der Waals surface area contributed by atoms with Gasteiger partial charge in [0.05, 0.1) is 17.8 Å². The molecule has 2 fully saturated rings. The number of nitrogens with one attached hydrogen (secondary N) is 2. The van der Waals surface area contributed by atoms with Crippen molar-refractivity contribution in [1.29, 1.82) is 0 Å². The minimum atomic E-state index is -0.215. The molecule has 0 radical (unpaired) electrons. The minimum absolute atomic E-state index is 0.0592. The Morgan fingerprint density at radius 1 is 1.02 bits per heavy atom. The van der Waals surface area contributed by atoms with Crippen molar-refractivity contribution in [3.05, 3.63) is 108 Å². The molecule has 210 valence electrons. The summed E-state index contributed by atoms with van der Waals surface area (Å²) in [5.74, 6) is 0.446. The molecule has 4 aromatic rings. The second-order valence-electron chi connectivity index (χ2n) is 10.8. The molecule has 1 aliphatic heterocycles. The third kappa shape index (κ3) is 5.57. The molecule has 1 aliphatic carbocycles. The van der Waals surface area contributed by atoms with Crippen LogP contribution in [0.15, 0.2) is 85.1 Å². The molecule has 7 nitrogen and oxygen atoms in total. The molecule has 2 N–H and O–H groups in total. The first kappa shape index (κ1) is 27.0. The normalized spacial score (nSPS) is 18.9. The average Bonchev–Trinajstić information content (AvgIpc) is 3.71. The molecule has 0 spiro atoms. The first-order valence-corrected chi connectivity index (χ1v) is 14.7. The van der Waals surface area contributed by atoms with Crippen molar-refractivity contribution in [1.82, 2.24) is 14.9 Å². The molecule has 1 saturated carbocycles. The van der Waals surface area contributed by atoms with E-state index < -0.39 is 0 Å². The van der Waals surface area contributed by atoms with Crippen molar-refractivity contribution in [2.24, 2.45) is 0 Å². The summed E-state index contributed by atoms with van der Waals surface area (Å²) in [6.45, 7) is 4.40. The smallest absolute Gasteiger partial charge is 0.262 e. The van der Waals surface area contributed by atoms with Crippen molar-refractivity contribution in [2.45, 2.75) is 57.7 Å². The molecular weight excluding hydrogens is 530 g/mol. The van der Waals surface area contributed by atoms with Crippen LogP contribution in [-0.2, 0) is 4.79 Å².